The molecule has 4 aromatic rings. The Hall–Kier alpha value is -5.08. The number of benzene rings is 4. The molecule has 14 heteroatoms. The second-order valence-electron chi connectivity index (χ2n) is 13.0. The van der Waals surface area contributed by atoms with Crippen molar-refractivity contribution in [2.45, 2.75) is 49.9 Å². The van der Waals surface area contributed by atoms with E-state index >= 15 is 0 Å². The number of ether oxygens (including phenoxy) is 2. The number of hydrogen-bond acceptors (Lipinski definition) is 6. The molecule has 0 saturated carbocycles. The molecule has 8 nitrogen and oxygen atoms in total. The molecule has 2 aliphatic rings. The van der Waals surface area contributed by atoms with E-state index in [1.165, 1.54) is 29.3 Å². The van der Waals surface area contributed by atoms with Crippen molar-refractivity contribution >= 4 is 23.6 Å². The van der Waals surface area contributed by atoms with Crippen molar-refractivity contribution < 1.29 is 45.4 Å². The van der Waals surface area contributed by atoms with Crippen molar-refractivity contribution in [3.8, 4) is 0 Å². The molecule has 288 valence electrons. The summed E-state index contributed by atoms with van der Waals surface area (Å²) in [6.45, 7) is 4.06. The predicted octanol–water partition coefficient (Wildman–Crippen LogP) is 9.15. The normalized spacial score (nSPS) is 16.9. The molecular weight excluding hydrogens is 714 g/mol. The maximum absolute atomic E-state index is 12.7. The lowest BCUT2D eigenvalue weighted by Crippen LogP contribution is -2.15. The van der Waals surface area contributed by atoms with Gasteiger partial charge in [-0.3, -0.25) is 10.6 Å². The Balaban J connectivity index is 0.000000208. The first kappa shape index (κ1) is 40.1. The Morgan fingerprint density at radius 3 is 1.48 bits per heavy atom. The average Bonchev–Trinajstić information content (AvgIpc) is 3.89. The van der Waals surface area contributed by atoms with Crippen molar-refractivity contribution in [1.29, 1.82) is 0 Å². The number of carbonyl (C=O) groups excluding carboxylic acids is 2. The molecular formula is C40H42F6N4O4. The molecule has 0 aromatic heterocycles. The van der Waals surface area contributed by atoms with Crippen LogP contribution in [0.4, 0.5) is 47.3 Å². The Morgan fingerprint density at radius 1 is 0.593 bits per heavy atom. The highest BCUT2D eigenvalue weighted by molar-refractivity contribution is 5.85. The van der Waals surface area contributed by atoms with Gasteiger partial charge < -0.3 is 20.1 Å². The zero-order chi connectivity index (χ0) is 38.6. The van der Waals surface area contributed by atoms with E-state index in [0.29, 0.717) is 40.8 Å². The highest BCUT2D eigenvalue weighted by Crippen LogP contribution is 2.31. The van der Waals surface area contributed by atoms with Crippen LogP contribution in [0.1, 0.15) is 58.1 Å². The lowest BCUT2D eigenvalue weighted by atomic mass is 9.98. The maximum atomic E-state index is 12.7. The van der Waals surface area contributed by atoms with Crippen LogP contribution in [0.25, 0.3) is 0 Å². The summed E-state index contributed by atoms with van der Waals surface area (Å²) in [7, 11) is 0. The first-order valence-corrected chi connectivity index (χ1v) is 17.6. The summed E-state index contributed by atoms with van der Waals surface area (Å²) in [4.78, 5) is 23.7. The summed E-state index contributed by atoms with van der Waals surface area (Å²) in [6, 6.07) is 25.1. The summed E-state index contributed by atoms with van der Waals surface area (Å²) >= 11 is 0. The number of alkyl halides is 6. The Labute approximate surface area is 309 Å². The van der Waals surface area contributed by atoms with Gasteiger partial charge in [-0.15, -0.1) is 0 Å². The number of amides is 2. The summed E-state index contributed by atoms with van der Waals surface area (Å²) in [5.41, 5.74) is 3.46. The molecule has 0 radical (unpaired) electrons. The van der Waals surface area contributed by atoms with Crippen molar-refractivity contribution in [3.05, 3.63) is 130 Å². The van der Waals surface area contributed by atoms with Crippen LogP contribution in [0, 0.1) is 0 Å². The van der Waals surface area contributed by atoms with Gasteiger partial charge in [-0.05, 0) is 102 Å². The number of hydrogen-bond donors (Lipinski definition) is 4. The van der Waals surface area contributed by atoms with E-state index in [9.17, 15) is 35.9 Å². The summed E-state index contributed by atoms with van der Waals surface area (Å²) in [6.07, 6.45) is -7.17. The lowest BCUT2D eigenvalue weighted by Gasteiger charge is -2.11. The van der Waals surface area contributed by atoms with Crippen LogP contribution < -0.4 is 21.3 Å². The van der Waals surface area contributed by atoms with E-state index < -0.39 is 35.7 Å². The standard InChI is InChI=1S/2C20H21F3N2O2/c21-20(22,23)17-5-1-14(2-6-17)10-12-27-19(26)25-18-7-3-15(4-8-18)16-9-11-24-13-16;21-20(22,23)17-3-1-2-14(12-17)9-11-27-19(26)25-18-6-4-15(5-7-18)16-8-10-24-13-16/h1-8,16,24H,9-13H2,(H,25,26);1-7,12,16,24H,8-11,13H2,(H,25,26). The van der Waals surface area contributed by atoms with Gasteiger partial charge in [0.25, 0.3) is 0 Å². The molecule has 2 saturated heterocycles. The van der Waals surface area contributed by atoms with Gasteiger partial charge in [0.05, 0.1) is 24.3 Å². The third-order valence-corrected chi connectivity index (χ3v) is 9.16. The lowest BCUT2D eigenvalue weighted by molar-refractivity contribution is -0.138. The average molecular weight is 757 g/mol. The molecule has 4 N–H and O–H groups in total. The quantitative estimate of drug-likeness (QED) is 0.121. The minimum absolute atomic E-state index is 0.00102. The molecule has 2 fully saturated rings. The van der Waals surface area contributed by atoms with Crippen LogP contribution in [-0.4, -0.2) is 51.6 Å². The fraction of sp³-hybridized carbons (Fsp3) is 0.350. The molecule has 6 rings (SSSR count). The molecule has 2 heterocycles. The van der Waals surface area contributed by atoms with Crippen LogP contribution in [0.3, 0.4) is 0 Å². The molecule has 2 unspecified atom stereocenters. The van der Waals surface area contributed by atoms with Crippen molar-refractivity contribution in [2.75, 3.05) is 50.0 Å². The van der Waals surface area contributed by atoms with E-state index in [2.05, 4.69) is 21.3 Å². The number of carbonyl (C=O) groups is 2. The van der Waals surface area contributed by atoms with E-state index in [4.69, 9.17) is 9.47 Å². The molecule has 0 bridgehead atoms. The third-order valence-electron chi connectivity index (χ3n) is 9.16. The van der Waals surface area contributed by atoms with E-state index in [-0.39, 0.29) is 19.6 Å². The molecule has 0 spiro atoms. The van der Waals surface area contributed by atoms with Crippen LogP contribution in [0.5, 0.6) is 0 Å². The minimum atomic E-state index is -4.38. The first-order valence-electron chi connectivity index (χ1n) is 17.6. The van der Waals surface area contributed by atoms with E-state index in [1.54, 1.807) is 6.07 Å². The zero-order valence-electron chi connectivity index (χ0n) is 29.4. The summed E-state index contributed by atoms with van der Waals surface area (Å²) in [5, 5.41) is 11.9. The van der Waals surface area contributed by atoms with Gasteiger partial charge in [0.1, 0.15) is 0 Å². The predicted molar refractivity (Wildman–Crippen MR) is 194 cm³/mol. The van der Waals surface area contributed by atoms with Crippen LogP contribution >= 0.6 is 0 Å². The smallest absolute Gasteiger partial charge is 0.416 e. The fourth-order valence-electron chi connectivity index (χ4n) is 6.15. The number of nitrogens with one attached hydrogen (secondary N) is 4. The second kappa shape index (κ2) is 18.8. The van der Waals surface area contributed by atoms with Crippen molar-refractivity contribution in [3.63, 3.8) is 0 Å². The SMILES string of the molecule is O=C(Nc1ccc(C2CCNC2)cc1)OCCc1ccc(C(F)(F)F)cc1.O=C(Nc1ccc(C2CCNC2)cc1)OCCc1cccc(C(F)(F)F)c1. The molecule has 4 aromatic carbocycles. The van der Waals surface area contributed by atoms with Gasteiger partial charge in [0.15, 0.2) is 0 Å². The van der Waals surface area contributed by atoms with Gasteiger partial charge in [0, 0.05) is 37.3 Å². The summed E-state index contributed by atoms with van der Waals surface area (Å²) < 4.78 is 85.8. The van der Waals surface area contributed by atoms with Gasteiger partial charge in [0.2, 0.25) is 0 Å². The summed E-state index contributed by atoms with van der Waals surface area (Å²) in [5.74, 6) is 1.01. The molecule has 2 atom stereocenters. The number of halogens is 6. The first-order chi connectivity index (χ1) is 25.8. The molecule has 2 amide bonds. The molecule has 0 aliphatic carbocycles. The maximum Gasteiger partial charge on any atom is 0.416 e. The van der Waals surface area contributed by atoms with Crippen LogP contribution in [0.2, 0.25) is 0 Å². The van der Waals surface area contributed by atoms with Crippen LogP contribution in [0.15, 0.2) is 97.1 Å². The highest BCUT2D eigenvalue weighted by Gasteiger charge is 2.31. The highest BCUT2D eigenvalue weighted by atomic mass is 19.4. The molecule has 2 aliphatic heterocycles. The number of rotatable bonds is 10. The topological polar surface area (TPSA) is 101 Å². The Kier molecular flexibility index (Phi) is 14.0. The zero-order valence-corrected chi connectivity index (χ0v) is 29.4. The molecule has 54 heavy (non-hydrogen) atoms. The Bertz CT molecular complexity index is 1790. The van der Waals surface area contributed by atoms with E-state index in [0.717, 1.165) is 63.3 Å². The van der Waals surface area contributed by atoms with Gasteiger partial charge in [-0.25, -0.2) is 9.59 Å². The fourth-order valence-corrected chi connectivity index (χ4v) is 6.15. The second-order valence-corrected chi connectivity index (χ2v) is 13.0. The van der Waals surface area contributed by atoms with Gasteiger partial charge in [-0.2, -0.15) is 26.3 Å². The largest absolute Gasteiger partial charge is 0.449 e. The number of anilines is 2. The van der Waals surface area contributed by atoms with Gasteiger partial charge >= 0.3 is 24.5 Å². The minimum Gasteiger partial charge on any atom is -0.449 e. The van der Waals surface area contributed by atoms with Crippen molar-refractivity contribution in [2.24, 2.45) is 0 Å². The monoisotopic (exact) mass is 756 g/mol. The van der Waals surface area contributed by atoms with Crippen LogP contribution in [-0.2, 0) is 34.7 Å². The van der Waals surface area contributed by atoms with Crippen molar-refractivity contribution in [1.82, 2.24) is 10.6 Å². The van der Waals surface area contributed by atoms with E-state index in [1.807, 2.05) is 48.5 Å². The Morgan fingerprint density at radius 2 is 1.06 bits per heavy atom. The van der Waals surface area contributed by atoms with Gasteiger partial charge in [-0.1, -0.05) is 54.6 Å². The third kappa shape index (κ3) is 12.5.